The molecule has 0 radical (unpaired) electrons. The van der Waals surface area contributed by atoms with E-state index in [2.05, 4.69) is 0 Å². The van der Waals surface area contributed by atoms with Crippen molar-refractivity contribution in [2.24, 2.45) is 5.73 Å². The van der Waals surface area contributed by atoms with Crippen LogP contribution in [0.1, 0.15) is 12.8 Å². The predicted molar refractivity (Wildman–Crippen MR) is 49.9 cm³/mol. The molecule has 0 spiro atoms. The van der Waals surface area contributed by atoms with Gasteiger partial charge < -0.3 is 15.6 Å². The highest BCUT2D eigenvalue weighted by Crippen LogP contribution is 2.27. The van der Waals surface area contributed by atoms with E-state index < -0.39 is 12.0 Å². The molecular formula is C9H16N2O3. The minimum atomic E-state index is -0.825. The van der Waals surface area contributed by atoms with E-state index in [1.165, 1.54) is 0 Å². The topological polar surface area (TPSA) is 75.8 Å². The van der Waals surface area contributed by atoms with Gasteiger partial charge in [0.25, 0.3) is 0 Å². The number of hydrogen-bond acceptors (Lipinski definition) is 4. The zero-order valence-electron chi connectivity index (χ0n) is 8.06. The molecule has 2 aliphatic heterocycles. The maximum Gasteiger partial charge on any atom is 0.322 e. The average molecular weight is 200 g/mol. The van der Waals surface area contributed by atoms with Crippen LogP contribution in [0.4, 0.5) is 0 Å². The second-order valence-electron chi connectivity index (χ2n) is 4.00. The quantitative estimate of drug-likeness (QED) is 0.627. The van der Waals surface area contributed by atoms with Crippen LogP contribution in [-0.4, -0.2) is 53.9 Å². The minimum absolute atomic E-state index is 0.175. The Morgan fingerprint density at radius 3 is 2.50 bits per heavy atom. The van der Waals surface area contributed by atoms with E-state index in [0.717, 1.165) is 12.8 Å². The fraction of sp³-hybridized carbons (Fsp3) is 0.889. The Bertz CT molecular complexity index is 222. The summed E-state index contributed by atoms with van der Waals surface area (Å²) in [5.74, 6) is -0.825. The molecule has 0 aromatic carbocycles. The number of carbonyl (C=O) groups is 1. The van der Waals surface area contributed by atoms with E-state index in [1.807, 2.05) is 4.90 Å². The Morgan fingerprint density at radius 2 is 2.07 bits per heavy atom. The number of nitrogens with zero attached hydrogens (tertiary/aromatic N) is 1. The van der Waals surface area contributed by atoms with Crippen molar-refractivity contribution in [1.82, 2.24) is 4.90 Å². The Balaban J connectivity index is 2.00. The summed E-state index contributed by atoms with van der Waals surface area (Å²) in [6.07, 6.45) is 2.56. The van der Waals surface area contributed by atoms with Crippen molar-refractivity contribution in [1.29, 1.82) is 0 Å². The van der Waals surface area contributed by atoms with E-state index in [-0.39, 0.29) is 18.8 Å². The lowest BCUT2D eigenvalue weighted by Crippen LogP contribution is -2.53. The summed E-state index contributed by atoms with van der Waals surface area (Å²) in [6, 6.07) is -0.540. The molecule has 5 nitrogen and oxygen atoms in total. The molecule has 2 bridgehead atoms. The van der Waals surface area contributed by atoms with Crippen LogP contribution in [0.5, 0.6) is 0 Å². The molecule has 0 aliphatic carbocycles. The van der Waals surface area contributed by atoms with Gasteiger partial charge in [0, 0.05) is 19.6 Å². The molecule has 3 N–H and O–H groups in total. The number of morpholine rings is 1. The van der Waals surface area contributed by atoms with E-state index in [1.54, 1.807) is 0 Å². The van der Waals surface area contributed by atoms with Gasteiger partial charge in [0.1, 0.15) is 6.04 Å². The highest BCUT2D eigenvalue weighted by Gasteiger charge is 2.38. The van der Waals surface area contributed by atoms with Crippen LogP contribution in [0.15, 0.2) is 0 Å². The molecule has 5 heteroatoms. The standard InChI is InChI=1S/C9H16N2O3/c10-3-8(9(12)13)11-4-6-1-2-7(5-11)14-6/h6-8H,1-5,10H2,(H,12,13). The van der Waals surface area contributed by atoms with Gasteiger partial charge in [-0.1, -0.05) is 0 Å². The highest BCUT2D eigenvalue weighted by molar-refractivity contribution is 5.73. The number of ether oxygens (including phenoxy) is 1. The van der Waals surface area contributed by atoms with Crippen molar-refractivity contribution in [2.75, 3.05) is 19.6 Å². The van der Waals surface area contributed by atoms with Crippen LogP contribution in [0.25, 0.3) is 0 Å². The van der Waals surface area contributed by atoms with Crippen molar-refractivity contribution in [3.05, 3.63) is 0 Å². The van der Waals surface area contributed by atoms with Crippen LogP contribution in [0.3, 0.4) is 0 Å². The molecule has 0 aromatic heterocycles. The molecule has 2 rings (SSSR count). The number of likely N-dealkylation sites (tertiary alicyclic amines) is 1. The van der Waals surface area contributed by atoms with Gasteiger partial charge >= 0.3 is 5.97 Å². The molecule has 2 heterocycles. The average Bonchev–Trinajstić information content (AvgIpc) is 2.46. The number of hydrogen-bond donors (Lipinski definition) is 2. The first-order valence-corrected chi connectivity index (χ1v) is 5.03. The van der Waals surface area contributed by atoms with Gasteiger partial charge in [-0.25, -0.2) is 0 Å². The lowest BCUT2D eigenvalue weighted by atomic mass is 10.2. The zero-order valence-corrected chi connectivity index (χ0v) is 8.06. The summed E-state index contributed by atoms with van der Waals surface area (Å²) in [4.78, 5) is 12.8. The Hall–Kier alpha value is -0.650. The summed E-state index contributed by atoms with van der Waals surface area (Å²) >= 11 is 0. The smallest absolute Gasteiger partial charge is 0.322 e. The van der Waals surface area contributed by atoms with Crippen molar-refractivity contribution in [3.8, 4) is 0 Å². The van der Waals surface area contributed by atoms with E-state index in [0.29, 0.717) is 13.1 Å². The maximum absolute atomic E-state index is 10.9. The van der Waals surface area contributed by atoms with Crippen LogP contribution >= 0.6 is 0 Å². The van der Waals surface area contributed by atoms with E-state index >= 15 is 0 Å². The van der Waals surface area contributed by atoms with Crippen LogP contribution < -0.4 is 5.73 Å². The number of carboxylic acids is 1. The van der Waals surface area contributed by atoms with Gasteiger partial charge in [-0.05, 0) is 12.8 Å². The third-order valence-corrected chi connectivity index (χ3v) is 3.02. The molecule has 2 saturated heterocycles. The summed E-state index contributed by atoms with van der Waals surface area (Å²) in [6.45, 7) is 1.60. The molecule has 0 amide bonds. The third kappa shape index (κ3) is 1.75. The molecule has 2 fully saturated rings. The normalized spacial score (nSPS) is 34.4. The van der Waals surface area contributed by atoms with Crippen LogP contribution in [0.2, 0.25) is 0 Å². The first kappa shape index (κ1) is 9.89. The molecule has 14 heavy (non-hydrogen) atoms. The van der Waals surface area contributed by atoms with Crippen molar-refractivity contribution >= 4 is 5.97 Å². The molecule has 80 valence electrons. The fourth-order valence-electron chi connectivity index (χ4n) is 2.31. The van der Waals surface area contributed by atoms with Gasteiger partial charge in [-0.2, -0.15) is 0 Å². The second-order valence-corrected chi connectivity index (χ2v) is 4.00. The van der Waals surface area contributed by atoms with Crippen molar-refractivity contribution in [2.45, 2.75) is 31.1 Å². The molecule has 2 aliphatic rings. The lowest BCUT2D eigenvalue weighted by Gasteiger charge is -2.35. The first-order valence-electron chi connectivity index (χ1n) is 5.03. The van der Waals surface area contributed by atoms with Gasteiger partial charge in [-0.15, -0.1) is 0 Å². The number of carboxylic acid groups (broad SMARTS) is 1. The van der Waals surface area contributed by atoms with Crippen LogP contribution in [-0.2, 0) is 9.53 Å². The predicted octanol–water partition coefficient (Wildman–Crippen LogP) is -0.738. The molecule has 0 saturated carbocycles. The van der Waals surface area contributed by atoms with Crippen LogP contribution in [0, 0.1) is 0 Å². The summed E-state index contributed by atoms with van der Waals surface area (Å²) in [5, 5.41) is 8.96. The summed E-state index contributed by atoms with van der Waals surface area (Å²) < 4.78 is 5.63. The Morgan fingerprint density at radius 1 is 1.50 bits per heavy atom. The first-order chi connectivity index (χ1) is 6.70. The van der Waals surface area contributed by atoms with Gasteiger partial charge in [0.15, 0.2) is 0 Å². The zero-order chi connectivity index (χ0) is 10.1. The van der Waals surface area contributed by atoms with E-state index in [4.69, 9.17) is 15.6 Å². The number of rotatable bonds is 3. The summed E-state index contributed by atoms with van der Waals surface area (Å²) in [7, 11) is 0. The second kappa shape index (κ2) is 3.84. The Labute approximate surface area is 82.8 Å². The van der Waals surface area contributed by atoms with Crippen molar-refractivity contribution < 1.29 is 14.6 Å². The molecular weight excluding hydrogens is 184 g/mol. The molecule has 3 unspecified atom stereocenters. The van der Waals surface area contributed by atoms with Gasteiger partial charge in [0.05, 0.1) is 12.2 Å². The van der Waals surface area contributed by atoms with Crippen molar-refractivity contribution in [3.63, 3.8) is 0 Å². The van der Waals surface area contributed by atoms with Gasteiger partial charge in [0.2, 0.25) is 0 Å². The number of fused-ring (bicyclic) bond motifs is 2. The number of aliphatic carboxylic acids is 1. The fourth-order valence-corrected chi connectivity index (χ4v) is 2.31. The molecule has 0 aromatic rings. The van der Waals surface area contributed by atoms with Gasteiger partial charge in [-0.3, -0.25) is 9.69 Å². The SMILES string of the molecule is NCC(C(=O)O)N1CC2CCC(C1)O2. The maximum atomic E-state index is 10.9. The lowest BCUT2D eigenvalue weighted by molar-refractivity contribution is -0.146. The largest absolute Gasteiger partial charge is 0.480 e. The molecule has 3 atom stereocenters. The monoisotopic (exact) mass is 200 g/mol. The Kier molecular flexibility index (Phi) is 2.71. The minimum Gasteiger partial charge on any atom is -0.480 e. The third-order valence-electron chi connectivity index (χ3n) is 3.02. The highest BCUT2D eigenvalue weighted by atomic mass is 16.5. The number of nitrogens with two attached hydrogens (primary N) is 1. The summed E-state index contributed by atoms with van der Waals surface area (Å²) in [5.41, 5.74) is 5.45. The van der Waals surface area contributed by atoms with E-state index in [9.17, 15) is 4.79 Å².